The Hall–Kier alpha value is -2.69. The van der Waals surface area contributed by atoms with Gasteiger partial charge in [0.2, 0.25) is 0 Å². The Labute approximate surface area is 228 Å². The van der Waals surface area contributed by atoms with E-state index in [2.05, 4.69) is 38.1 Å². The minimum atomic E-state index is -0.360. The van der Waals surface area contributed by atoms with Crippen LogP contribution in [-0.4, -0.2) is 48.0 Å². The lowest BCUT2D eigenvalue weighted by atomic mass is 10.1. The quantitative estimate of drug-likeness (QED) is 0.305. The molecule has 0 saturated carbocycles. The summed E-state index contributed by atoms with van der Waals surface area (Å²) in [6.07, 6.45) is 0. The first kappa shape index (κ1) is 25.4. The summed E-state index contributed by atoms with van der Waals surface area (Å²) in [6, 6.07) is 20.8. The van der Waals surface area contributed by atoms with Gasteiger partial charge in [-0.15, -0.1) is 0 Å². The van der Waals surface area contributed by atoms with Gasteiger partial charge in [-0.3, -0.25) is 14.9 Å². The number of hydrogen-bond donors (Lipinski definition) is 2. The third-order valence-electron chi connectivity index (χ3n) is 5.76. The van der Waals surface area contributed by atoms with Crippen molar-refractivity contribution < 1.29 is 9.59 Å². The molecule has 0 radical (unpaired) electrons. The monoisotopic (exact) mass is 618 g/mol. The van der Waals surface area contributed by atoms with Crippen molar-refractivity contribution in [3.8, 4) is 0 Å². The summed E-state index contributed by atoms with van der Waals surface area (Å²) < 4.78 is 0.909. The zero-order valence-corrected chi connectivity index (χ0v) is 22.8. The predicted octanol–water partition coefficient (Wildman–Crippen LogP) is 5.34. The van der Waals surface area contributed by atoms with Gasteiger partial charge in [0.1, 0.15) is 0 Å². The lowest BCUT2D eigenvalue weighted by molar-refractivity contribution is 0.0746. The van der Waals surface area contributed by atoms with Crippen molar-refractivity contribution >= 4 is 74.7 Å². The SMILES string of the molecule is Cc1ccc(C(=O)N2CCN(c3ccc(NC(=S)NC(=O)c4cc(I)ccc4Cl)cc3)CC2)cc1. The fraction of sp³-hybridized carbons (Fsp3) is 0.192. The van der Waals surface area contributed by atoms with E-state index in [1.165, 1.54) is 0 Å². The minimum Gasteiger partial charge on any atom is -0.368 e. The van der Waals surface area contributed by atoms with Gasteiger partial charge in [0.05, 0.1) is 10.6 Å². The first-order valence-corrected chi connectivity index (χ1v) is 12.9. The number of nitrogens with one attached hydrogen (secondary N) is 2. The van der Waals surface area contributed by atoms with E-state index in [0.717, 1.165) is 39.2 Å². The van der Waals surface area contributed by atoms with E-state index >= 15 is 0 Å². The summed E-state index contributed by atoms with van der Waals surface area (Å²) in [4.78, 5) is 29.4. The summed E-state index contributed by atoms with van der Waals surface area (Å²) in [7, 11) is 0. The number of thiocarbonyl (C=S) groups is 1. The van der Waals surface area contributed by atoms with Crippen LogP contribution in [0, 0.1) is 10.5 Å². The molecule has 6 nitrogen and oxygen atoms in total. The van der Waals surface area contributed by atoms with E-state index < -0.39 is 0 Å². The van der Waals surface area contributed by atoms with E-state index in [1.54, 1.807) is 12.1 Å². The largest absolute Gasteiger partial charge is 0.368 e. The lowest BCUT2D eigenvalue weighted by Crippen LogP contribution is -2.48. The van der Waals surface area contributed by atoms with Crippen molar-refractivity contribution in [3.05, 3.63) is 92.0 Å². The van der Waals surface area contributed by atoms with Crippen LogP contribution in [0.25, 0.3) is 0 Å². The molecule has 0 aliphatic carbocycles. The van der Waals surface area contributed by atoms with Crippen LogP contribution < -0.4 is 15.5 Å². The molecule has 0 spiro atoms. The maximum Gasteiger partial charge on any atom is 0.258 e. The maximum absolute atomic E-state index is 12.8. The highest BCUT2D eigenvalue weighted by Gasteiger charge is 2.22. The van der Waals surface area contributed by atoms with Crippen LogP contribution >= 0.6 is 46.4 Å². The molecule has 0 atom stereocenters. The Morgan fingerprint density at radius 3 is 2.26 bits per heavy atom. The number of carbonyl (C=O) groups excluding carboxylic acids is 2. The number of halogens is 2. The number of nitrogens with zero attached hydrogens (tertiary/aromatic N) is 2. The fourth-order valence-electron chi connectivity index (χ4n) is 3.81. The number of benzene rings is 3. The van der Waals surface area contributed by atoms with Crippen molar-refractivity contribution in [2.75, 3.05) is 36.4 Å². The zero-order chi connectivity index (χ0) is 24.9. The number of anilines is 2. The summed E-state index contributed by atoms with van der Waals surface area (Å²) in [5.74, 6) is -0.285. The van der Waals surface area contributed by atoms with Crippen LogP contribution in [0.1, 0.15) is 26.3 Å². The second kappa shape index (κ2) is 11.4. The van der Waals surface area contributed by atoms with E-state index in [1.807, 2.05) is 66.4 Å². The summed E-state index contributed by atoms with van der Waals surface area (Å²) in [5.41, 5.74) is 4.08. The van der Waals surface area contributed by atoms with Gasteiger partial charge in [-0.05, 0) is 96.3 Å². The van der Waals surface area contributed by atoms with Crippen molar-refractivity contribution in [3.63, 3.8) is 0 Å². The van der Waals surface area contributed by atoms with Crippen LogP contribution in [0.2, 0.25) is 5.02 Å². The van der Waals surface area contributed by atoms with Gasteiger partial charge in [0.25, 0.3) is 11.8 Å². The topological polar surface area (TPSA) is 64.7 Å². The second-order valence-corrected chi connectivity index (χ2v) is 10.3. The van der Waals surface area contributed by atoms with E-state index in [0.29, 0.717) is 23.7 Å². The molecule has 180 valence electrons. The molecule has 0 aromatic heterocycles. The molecule has 1 heterocycles. The number of carbonyl (C=O) groups is 2. The molecule has 3 aromatic rings. The minimum absolute atomic E-state index is 0.0752. The molecule has 1 fully saturated rings. The second-order valence-electron chi connectivity index (χ2n) is 8.22. The van der Waals surface area contributed by atoms with Crippen LogP contribution in [0.3, 0.4) is 0 Å². The number of rotatable bonds is 4. The van der Waals surface area contributed by atoms with Crippen LogP contribution in [0.15, 0.2) is 66.7 Å². The van der Waals surface area contributed by atoms with E-state index in [9.17, 15) is 9.59 Å². The molecule has 1 aliphatic rings. The molecule has 1 saturated heterocycles. The Kier molecular flexibility index (Phi) is 8.25. The van der Waals surface area contributed by atoms with Gasteiger partial charge in [-0.1, -0.05) is 29.3 Å². The van der Waals surface area contributed by atoms with Crippen molar-refractivity contribution in [2.45, 2.75) is 6.92 Å². The third kappa shape index (κ3) is 6.50. The van der Waals surface area contributed by atoms with Gasteiger partial charge in [-0.2, -0.15) is 0 Å². The van der Waals surface area contributed by atoms with Crippen LogP contribution in [-0.2, 0) is 0 Å². The number of piperazine rings is 1. The lowest BCUT2D eigenvalue weighted by Gasteiger charge is -2.36. The summed E-state index contributed by atoms with van der Waals surface area (Å²) in [5, 5.41) is 6.27. The van der Waals surface area contributed by atoms with Gasteiger partial charge in [-0.25, -0.2) is 0 Å². The smallest absolute Gasteiger partial charge is 0.258 e. The van der Waals surface area contributed by atoms with E-state index in [-0.39, 0.29) is 16.9 Å². The number of amides is 2. The Morgan fingerprint density at radius 2 is 1.60 bits per heavy atom. The number of aryl methyl sites for hydroxylation is 1. The first-order chi connectivity index (χ1) is 16.8. The van der Waals surface area contributed by atoms with Gasteiger partial charge in [0.15, 0.2) is 5.11 Å². The van der Waals surface area contributed by atoms with Crippen molar-refractivity contribution in [1.29, 1.82) is 0 Å². The first-order valence-electron chi connectivity index (χ1n) is 11.1. The van der Waals surface area contributed by atoms with Crippen molar-refractivity contribution in [2.24, 2.45) is 0 Å². The van der Waals surface area contributed by atoms with Gasteiger partial charge in [0, 0.05) is 46.7 Å². The van der Waals surface area contributed by atoms with Crippen LogP contribution in [0.4, 0.5) is 11.4 Å². The third-order valence-corrected chi connectivity index (χ3v) is 6.96. The zero-order valence-electron chi connectivity index (χ0n) is 19.1. The molecule has 2 amide bonds. The molecule has 1 aliphatic heterocycles. The molecule has 9 heteroatoms. The molecule has 0 unspecified atom stereocenters. The molecular weight excluding hydrogens is 595 g/mol. The summed E-state index contributed by atoms with van der Waals surface area (Å²) in [6.45, 7) is 4.87. The molecule has 35 heavy (non-hydrogen) atoms. The molecule has 2 N–H and O–H groups in total. The Morgan fingerprint density at radius 1 is 0.943 bits per heavy atom. The molecular formula is C26H24ClIN4O2S. The maximum atomic E-state index is 12.8. The van der Waals surface area contributed by atoms with Crippen molar-refractivity contribution in [1.82, 2.24) is 10.2 Å². The Bertz CT molecular complexity index is 1240. The molecule has 4 rings (SSSR count). The van der Waals surface area contributed by atoms with Crippen LogP contribution in [0.5, 0.6) is 0 Å². The fourth-order valence-corrected chi connectivity index (χ4v) is 4.71. The predicted molar refractivity (Wildman–Crippen MR) is 154 cm³/mol. The number of hydrogen-bond acceptors (Lipinski definition) is 4. The standard InChI is InChI=1S/C26H24ClIN4O2S/c1-17-2-4-18(5-3-17)25(34)32-14-12-31(13-15-32)21-9-7-20(8-10-21)29-26(35)30-24(33)22-16-19(28)6-11-23(22)27/h2-11,16H,12-15H2,1H3,(H2,29,30,33,35). The highest BCUT2D eigenvalue weighted by molar-refractivity contribution is 14.1. The van der Waals surface area contributed by atoms with Gasteiger partial charge >= 0.3 is 0 Å². The molecule has 0 bridgehead atoms. The average Bonchev–Trinajstić information content (AvgIpc) is 2.86. The van der Waals surface area contributed by atoms with E-state index in [4.69, 9.17) is 23.8 Å². The Balaban J connectivity index is 1.29. The highest BCUT2D eigenvalue weighted by atomic mass is 127. The average molecular weight is 619 g/mol. The molecule has 3 aromatic carbocycles. The van der Waals surface area contributed by atoms with Gasteiger partial charge < -0.3 is 15.1 Å². The normalized spacial score (nSPS) is 13.3. The summed E-state index contributed by atoms with van der Waals surface area (Å²) >= 11 is 13.6. The highest BCUT2D eigenvalue weighted by Crippen LogP contribution is 2.21.